The van der Waals surface area contributed by atoms with Gasteiger partial charge in [-0.05, 0) is 48.0 Å². The Morgan fingerprint density at radius 2 is 1.82 bits per heavy atom. The van der Waals surface area contributed by atoms with Crippen LogP contribution in [0.1, 0.15) is 29.3 Å². The number of Topliss-reactive ketones (excluding diaryl/α,β-unsaturated/α-hetero) is 1. The van der Waals surface area contributed by atoms with Gasteiger partial charge in [0.15, 0.2) is 23.9 Å². The number of nitrogens with one attached hydrogen (secondary N) is 1. The quantitative estimate of drug-likeness (QED) is 0.412. The minimum Gasteiger partial charge on any atom is -0.504 e. The van der Waals surface area contributed by atoms with Gasteiger partial charge in [-0.1, -0.05) is 13.0 Å². The monoisotopic (exact) mass is 383 g/mol. The predicted octanol–water partition coefficient (Wildman–Crippen LogP) is 3.19. The highest BCUT2D eigenvalue weighted by Crippen LogP contribution is 2.26. The number of rotatable bonds is 8. The molecule has 2 aromatic rings. The summed E-state index contributed by atoms with van der Waals surface area (Å²) < 4.78 is 9.94. The van der Waals surface area contributed by atoms with E-state index in [1.807, 2.05) is 0 Å². The lowest BCUT2D eigenvalue weighted by molar-refractivity contribution is -0.136. The number of hydrogen-bond acceptors (Lipinski definition) is 6. The smallest absolute Gasteiger partial charge is 0.331 e. The molecule has 0 aliphatic carbocycles. The molecule has 0 fully saturated rings. The fraction of sp³-hybridized carbons (Fsp3) is 0.190. The topological polar surface area (TPSA) is 102 Å². The third-order valence-electron chi connectivity index (χ3n) is 3.77. The second-order valence-corrected chi connectivity index (χ2v) is 5.77. The molecule has 7 heteroatoms. The summed E-state index contributed by atoms with van der Waals surface area (Å²) in [5.41, 5.74) is 1.59. The molecule has 1 amide bonds. The van der Waals surface area contributed by atoms with E-state index in [1.165, 1.54) is 25.3 Å². The molecule has 0 radical (unpaired) electrons. The fourth-order valence-corrected chi connectivity index (χ4v) is 2.22. The van der Waals surface area contributed by atoms with Crippen LogP contribution in [-0.2, 0) is 14.3 Å². The molecule has 0 heterocycles. The van der Waals surface area contributed by atoms with Crippen LogP contribution in [-0.4, -0.2) is 36.5 Å². The molecule has 2 aromatic carbocycles. The van der Waals surface area contributed by atoms with Crippen molar-refractivity contribution in [2.75, 3.05) is 19.0 Å². The second kappa shape index (κ2) is 9.91. The SMILES string of the molecule is CCC(=O)Nc1ccc(C(=O)COC(=O)/C=C/c2ccc(O)c(OC)c2)cc1. The number of carbonyl (C=O) groups excluding carboxylic acids is 3. The van der Waals surface area contributed by atoms with Crippen molar-refractivity contribution in [3.63, 3.8) is 0 Å². The van der Waals surface area contributed by atoms with Gasteiger partial charge >= 0.3 is 5.97 Å². The first-order valence-corrected chi connectivity index (χ1v) is 8.58. The number of ketones is 1. The number of benzene rings is 2. The van der Waals surface area contributed by atoms with Gasteiger partial charge in [-0.15, -0.1) is 0 Å². The van der Waals surface area contributed by atoms with Crippen molar-refractivity contribution in [3.05, 3.63) is 59.7 Å². The summed E-state index contributed by atoms with van der Waals surface area (Å²) in [6, 6.07) is 10.9. The van der Waals surface area contributed by atoms with E-state index in [0.717, 1.165) is 0 Å². The maximum absolute atomic E-state index is 12.1. The third-order valence-corrected chi connectivity index (χ3v) is 3.77. The number of carbonyl (C=O) groups is 3. The summed E-state index contributed by atoms with van der Waals surface area (Å²) in [6.45, 7) is 1.34. The van der Waals surface area contributed by atoms with Crippen LogP contribution in [0, 0.1) is 0 Å². The van der Waals surface area contributed by atoms with Crippen LogP contribution in [0.2, 0.25) is 0 Å². The van der Waals surface area contributed by atoms with Crippen molar-refractivity contribution in [3.8, 4) is 11.5 Å². The largest absolute Gasteiger partial charge is 0.504 e. The van der Waals surface area contributed by atoms with Crippen molar-refractivity contribution < 1.29 is 29.0 Å². The number of hydrogen-bond donors (Lipinski definition) is 2. The number of methoxy groups -OCH3 is 1. The Morgan fingerprint density at radius 3 is 2.46 bits per heavy atom. The normalized spacial score (nSPS) is 10.5. The Labute approximate surface area is 162 Å². The highest BCUT2D eigenvalue weighted by molar-refractivity contribution is 5.99. The molecular weight excluding hydrogens is 362 g/mol. The molecule has 28 heavy (non-hydrogen) atoms. The zero-order valence-corrected chi connectivity index (χ0v) is 15.6. The first-order chi connectivity index (χ1) is 13.4. The molecule has 7 nitrogen and oxygen atoms in total. The van der Waals surface area contributed by atoms with E-state index in [0.29, 0.717) is 23.2 Å². The average molecular weight is 383 g/mol. The summed E-state index contributed by atoms with van der Waals surface area (Å²) in [4.78, 5) is 35.2. The van der Waals surface area contributed by atoms with E-state index in [-0.39, 0.29) is 23.2 Å². The molecular formula is C21H21NO6. The van der Waals surface area contributed by atoms with Crippen molar-refractivity contribution in [1.29, 1.82) is 0 Å². The van der Waals surface area contributed by atoms with Gasteiger partial charge in [0.1, 0.15) is 0 Å². The average Bonchev–Trinajstić information content (AvgIpc) is 2.71. The van der Waals surface area contributed by atoms with E-state index in [9.17, 15) is 19.5 Å². The van der Waals surface area contributed by atoms with Crippen LogP contribution in [0.5, 0.6) is 11.5 Å². The van der Waals surface area contributed by atoms with Crippen molar-refractivity contribution in [1.82, 2.24) is 0 Å². The molecule has 2 rings (SSSR count). The zero-order valence-electron chi connectivity index (χ0n) is 15.6. The van der Waals surface area contributed by atoms with Gasteiger partial charge in [0.25, 0.3) is 0 Å². The van der Waals surface area contributed by atoms with E-state index in [4.69, 9.17) is 9.47 Å². The molecule has 0 saturated heterocycles. The van der Waals surface area contributed by atoms with E-state index in [1.54, 1.807) is 43.3 Å². The number of phenols is 1. The fourth-order valence-electron chi connectivity index (χ4n) is 2.22. The molecule has 146 valence electrons. The van der Waals surface area contributed by atoms with Crippen LogP contribution >= 0.6 is 0 Å². The van der Waals surface area contributed by atoms with Crippen LogP contribution in [0.3, 0.4) is 0 Å². The number of aromatic hydroxyl groups is 1. The van der Waals surface area contributed by atoms with E-state index < -0.39 is 12.6 Å². The molecule has 0 aliphatic heterocycles. The minimum atomic E-state index is -0.674. The number of ether oxygens (including phenoxy) is 2. The standard InChI is InChI=1S/C21H21NO6/c1-3-20(25)22-16-8-6-15(7-9-16)18(24)13-28-21(26)11-5-14-4-10-17(23)19(12-14)27-2/h4-12,23H,3,13H2,1-2H3,(H,22,25)/b11-5+. The molecule has 0 bridgehead atoms. The molecule has 0 atom stereocenters. The van der Waals surface area contributed by atoms with Gasteiger partial charge in [-0.25, -0.2) is 4.79 Å². The number of anilines is 1. The maximum Gasteiger partial charge on any atom is 0.331 e. The molecule has 0 spiro atoms. The Morgan fingerprint density at radius 1 is 1.11 bits per heavy atom. The van der Waals surface area contributed by atoms with E-state index >= 15 is 0 Å². The molecule has 0 aromatic heterocycles. The summed E-state index contributed by atoms with van der Waals surface area (Å²) in [6.07, 6.45) is 3.03. The van der Waals surface area contributed by atoms with Gasteiger partial charge < -0.3 is 19.9 Å². The molecule has 0 unspecified atom stereocenters. The number of phenolic OH excluding ortho intramolecular Hbond substituents is 1. The van der Waals surface area contributed by atoms with Gasteiger partial charge in [0.05, 0.1) is 7.11 Å². The maximum atomic E-state index is 12.1. The molecule has 0 aliphatic rings. The lowest BCUT2D eigenvalue weighted by atomic mass is 10.1. The van der Waals surface area contributed by atoms with Crippen LogP contribution in [0.4, 0.5) is 5.69 Å². The third kappa shape index (κ3) is 5.98. The first-order valence-electron chi connectivity index (χ1n) is 8.58. The Kier molecular flexibility index (Phi) is 7.33. The summed E-state index contributed by atoms with van der Waals surface area (Å²) >= 11 is 0. The van der Waals surface area contributed by atoms with Gasteiger partial charge in [0, 0.05) is 23.7 Å². The first kappa shape index (κ1) is 20.7. The summed E-state index contributed by atoms with van der Waals surface area (Å²) in [5, 5.41) is 12.2. The molecule has 0 saturated carbocycles. The van der Waals surface area contributed by atoms with Gasteiger partial charge in [0.2, 0.25) is 5.91 Å². The van der Waals surface area contributed by atoms with Gasteiger partial charge in [-0.3, -0.25) is 9.59 Å². The second-order valence-electron chi connectivity index (χ2n) is 5.77. The molecule has 2 N–H and O–H groups in total. The van der Waals surface area contributed by atoms with Crippen molar-refractivity contribution >= 4 is 29.4 Å². The van der Waals surface area contributed by atoms with Gasteiger partial charge in [-0.2, -0.15) is 0 Å². The number of esters is 1. The lowest BCUT2D eigenvalue weighted by Crippen LogP contribution is -2.13. The highest BCUT2D eigenvalue weighted by atomic mass is 16.5. The Hall–Kier alpha value is -3.61. The lowest BCUT2D eigenvalue weighted by Gasteiger charge is -2.05. The Bertz CT molecular complexity index is 886. The highest BCUT2D eigenvalue weighted by Gasteiger charge is 2.09. The summed E-state index contributed by atoms with van der Waals surface area (Å²) in [7, 11) is 1.42. The van der Waals surface area contributed by atoms with Crippen LogP contribution in [0.25, 0.3) is 6.08 Å². The Balaban J connectivity index is 1.88. The van der Waals surface area contributed by atoms with Crippen LogP contribution < -0.4 is 10.1 Å². The predicted molar refractivity (Wildman–Crippen MR) is 104 cm³/mol. The van der Waals surface area contributed by atoms with Crippen molar-refractivity contribution in [2.24, 2.45) is 0 Å². The number of amides is 1. The summed E-state index contributed by atoms with van der Waals surface area (Å²) in [5.74, 6) is -0.878. The van der Waals surface area contributed by atoms with E-state index in [2.05, 4.69) is 5.32 Å². The van der Waals surface area contributed by atoms with Crippen molar-refractivity contribution in [2.45, 2.75) is 13.3 Å². The zero-order chi connectivity index (χ0) is 20.5. The minimum absolute atomic E-state index is 0.00639. The van der Waals surface area contributed by atoms with Crippen LogP contribution in [0.15, 0.2) is 48.5 Å².